The Morgan fingerprint density at radius 3 is 1.47 bits per heavy atom. The van der Waals surface area contributed by atoms with E-state index in [1.165, 1.54) is 83.5 Å². The van der Waals surface area contributed by atoms with Crippen molar-refractivity contribution in [2.24, 2.45) is 0 Å². The largest absolute Gasteiger partial charge is 0.472 e. The average molecular weight is 825 g/mol. The predicted molar refractivity (Wildman–Crippen MR) is 233 cm³/mol. The van der Waals surface area contributed by atoms with Gasteiger partial charge in [0.2, 0.25) is 0 Å². The maximum Gasteiger partial charge on any atom is 0.472 e. The van der Waals surface area contributed by atoms with Gasteiger partial charge in [-0.05, 0) is 77.0 Å². The van der Waals surface area contributed by atoms with Gasteiger partial charge in [0.25, 0.3) is 0 Å². The van der Waals surface area contributed by atoms with Crippen molar-refractivity contribution in [1.82, 2.24) is 0 Å². The number of carbonyl (C=O) groups is 2. The number of esters is 2. The van der Waals surface area contributed by atoms with Crippen LogP contribution in [0.25, 0.3) is 0 Å². The topological polar surface area (TPSA) is 149 Å². The van der Waals surface area contributed by atoms with Crippen LogP contribution in [-0.4, -0.2) is 65.7 Å². The molecule has 0 bridgehead atoms. The van der Waals surface area contributed by atoms with E-state index in [2.05, 4.69) is 67.0 Å². The highest BCUT2D eigenvalue weighted by atomic mass is 31.2. The van der Waals surface area contributed by atoms with E-state index in [0.717, 1.165) is 51.4 Å². The van der Waals surface area contributed by atoms with Crippen molar-refractivity contribution in [3.8, 4) is 0 Å². The van der Waals surface area contributed by atoms with E-state index in [1.807, 2.05) is 12.2 Å². The molecule has 0 aliphatic heterocycles. The Kier molecular flexibility index (Phi) is 40.1. The minimum Gasteiger partial charge on any atom is -0.462 e. The molecule has 57 heavy (non-hydrogen) atoms. The molecule has 0 aliphatic rings. The lowest BCUT2D eigenvalue weighted by Crippen LogP contribution is -2.29. The van der Waals surface area contributed by atoms with Crippen LogP contribution in [0, 0.1) is 0 Å². The average Bonchev–Trinajstić information content (AvgIpc) is 3.20. The molecule has 0 fully saturated rings. The molecule has 11 heteroatoms. The summed E-state index contributed by atoms with van der Waals surface area (Å²) < 4.78 is 32.7. The van der Waals surface area contributed by atoms with E-state index in [4.69, 9.17) is 19.1 Å². The van der Waals surface area contributed by atoms with Crippen LogP contribution in [0.4, 0.5) is 0 Å². The number of aliphatic hydroxyl groups is 2. The van der Waals surface area contributed by atoms with E-state index in [0.29, 0.717) is 19.3 Å². The summed E-state index contributed by atoms with van der Waals surface area (Å²) in [4.78, 5) is 35.0. The molecule has 0 aliphatic carbocycles. The maximum absolute atomic E-state index is 12.6. The lowest BCUT2D eigenvalue weighted by atomic mass is 10.1. The minimum absolute atomic E-state index is 0.106. The number of rotatable bonds is 41. The molecule has 1 unspecified atom stereocenters. The number of hydrogen-bond acceptors (Lipinski definition) is 9. The van der Waals surface area contributed by atoms with Crippen LogP contribution in [0.1, 0.15) is 181 Å². The molecule has 0 radical (unpaired) electrons. The number of phosphoric ester groups is 1. The van der Waals surface area contributed by atoms with Crippen LogP contribution in [0.5, 0.6) is 0 Å². The minimum atomic E-state index is -4.64. The zero-order chi connectivity index (χ0) is 41.9. The molecule has 0 amide bonds. The lowest BCUT2D eigenvalue weighted by molar-refractivity contribution is -0.161. The lowest BCUT2D eigenvalue weighted by Gasteiger charge is -2.20. The second-order valence-corrected chi connectivity index (χ2v) is 16.2. The number of allylic oxidation sites excluding steroid dienone is 10. The first-order chi connectivity index (χ1) is 27.7. The Balaban J connectivity index is 4.39. The van der Waals surface area contributed by atoms with Crippen LogP contribution in [0.3, 0.4) is 0 Å². The Hall–Kier alpha value is -2.33. The van der Waals surface area contributed by atoms with Gasteiger partial charge in [-0.1, -0.05) is 152 Å². The highest BCUT2D eigenvalue weighted by Gasteiger charge is 2.27. The Bertz CT molecular complexity index is 1130. The highest BCUT2D eigenvalue weighted by molar-refractivity contribution is 7.47. The van der Waals surface area contributed by atoms with Crippen molar-refractivity contribution < 1.29 is 47.8 Å². The van der Waals surface area contributed by atoms with Crippen LogP contribution in [-0.2, 0) is 32.7 Å². The standard InChI is InChI=1S/C46H81O10P/c1-3-5-7-9-11-13-15-17-19-21-23-25-27-29-31-33-35-37-45(49)53-41-44(42-55-57(51,52)54-40-43(48)39-47)56-46(50)38-36-34-32-30-28-26-24-22-20-18-16-14-12-10-8-6-4-2/h12,14,17-20,24,26,30,32,43-44,47-48H,3-11,13,15-16,21-23,25,27-29,31,33-42H2,1-2H3,(H,51,52)/b14-12+,19-17+,20-18+,26-24+,32-30+/t43-,44+/m0/s1. The molecule has 0 spiro atoms. The van der Waals surface area contributed by atoms with Crippen LogP contribution >= 0.6 is 7.82 Å². The molecule has 0 saturated heterocycles. The number of carbonyl (C=O) groups excluding carboxylic acids is 2. The van der Waals surface area contributed by atoms with E-state index < -0.39 is 51.8 Å². The predicted octanol–water partition coefficient (Wildman–Crippen LogP) is 11.9. The molecule has 0 saturated carbocycles. The van der Waals surface area contributed by atoms with Crippen molar-refractivity contribution in [2.75, 3.05) is 26.4 Å². The Labute approximate surface area is 346 Å². The summed E-state index contributed by atoms with van der Waals surface area (Å²) in [5, 5.41) is 18.3. The van der Waals surface area contributed by atoms with E-state index in [-0.39, 0.29) is 19.4 Å². The molecular weight excluding hydrogens is 743 g/mol. The maximum atomic E-state index is 12.6. The van der Waals surface area contributed by atoms with Gasteiger partial charge in [0, 0.05) is 12.8 Å². The molecule has 0 aromatic heterocycles. The number of ether oxygens (including phenoxy) is 2. The third kappa shape index (κ3) is 41.6. The zero-order valence-corrected chi connectivity index (χ0v) is 36.7. The molecule has 0 aromatic rings. The van der Waals surface area contributed by atoms with Gasteiger partial charge >= 0.3 is 19.8 Å². The summed E-state index contributed by atoms with van der Waals surface area (Å²) in [5.41, 5.74) is 0. The van der Waals surface area contributed by atoms with Gasteiger partial charge < -0.3 is 24.6 Å². The summed E-state index contributed by atoms with van der Waals surface area (Å²) in [5.74, 6) is -0.997. The summed E-state index contributed by atoms with van der Waals surface area (Å²) in [6, 6.07) is 0. The van der Waals surface area contributed by atoms with Gasteiger partial charge in [0.05, 0.1) is 19.8 Å². The van der Waals surface area contributed by atoms with Gasteiger partial charge in [-0.3, -0.25) is 18.6 Å². The van der Waals surface area contributed by atoms with Crippen molar-refractivity contribution >= 4 is 19.8 Å². The second kappa shape index (κ2) is 41.8. The fourth-order valence-electron chi connectivity index (χ4n) is 5.69. The van der Waals surface area contributed by atoms with Gasteiger partial charge in [-0.2, -0.15) is 0 Å². The van der Waals surface area contributed by atoms with E-state index in [9.17, 15) is 24.2 Å². The fourth-order valence-corrected chi connectivity index (χ4v) is 6.48. The summed E-state index contributed by atoms with van der Waals surface area (Å²) >= 11 is 0. The Morgan fingerprint density at radius 1 is 0.526 bits per heavy atom. The van der Waals surface area contributed by atoms with Gasteiger partial charge in [-0.25, -0.2) is 4.57 Å². The highest BCUT2D eigenvalue weighted by Crippen LogP contribution is 2.43. The molecule has 3 atom stereocenters. The molecule has 3 N–H and O–H groups in total. The normalized spacial score (nSPS) is 14.4. The van der Waals surface area contributed by atoms with Crippen LogP contribution < -0.4 is 0 Å². The Morgan fingerprint density at radius 2 is 0.930 bits per heavy atom. The van der Waals surface area contributed by atoms with Gasteiger partial charge in [0.15, 0.2) is 6.10 Å². The van der Waals surface area contributed by atoms with E-state index >= 15 is 0 Å². The summed E-state index contributed by atoms with van der Waals surface area (Å²) in [6.07, 6.45) is 46.2. The van der Waals surface area contributed by atoms with Gasteiger partial charge in [0.1, 0.15) is 12.7 Å². The van der Waals surface area contributed by atoms with Crippen molar-refractivity contribution in [2.45, 2.75) is 193 Å². The van der Waals surface area contributed by atoms with Crippen LogP contribution in [0.15, 0.2) is 60.8 Å². The van der Waals surface area contributed by atoms with Crippen molar-refractivity contribution in [1.29, 1.82) is 0 Å². The first kappa shape index (κ1) is 54.7. The zero-order valence-electron chi connectivity index (χ0n) is 35.8. The van der Waals surface area contributed by atoms with Crippen molar-refractivity contribution in [3.05, 3.63) is 60.8 Å². The molecule has 0 aromatic carbocycles. The SMILES string of the molecule is CCCCC/C=C/C/C=C/C/C=C/C/C=C/CCCC(=O)O[C@H](COC(=O)CCCCCCCCC/C=C/CCCCCCCC)COP(=O)(O)OC[C@@H](O)CO. The molecule has 0 rings (SSSR count). The summed E-state index contributed by atoms with van der Waals surface area (Å²) in [6.45, 7) is 2.28. The molecular formula is C46H81O10P. The monoisotopic (exact) mass is 825 g/mol. The van der Waals surface area contributed by atoms with Crippen molar-refractivity contribution in [3.63, 3.8) is 0 Å². The van der Waals surface area contributed by atoms with E-state index in [1.54, 1.807) is 0 Å². The quantitative estimate of drug-likeness (QED) is 0.0235. The smallest absolute Gasteiger partial charge is 0.462 e. The number of unbranched alkanes of at least 4 members (excludes halogenated alkanes) is 17. The number of hydrogen-bond donors (Lipinski definition) is 3. The summed E-state index contributed by atoms with van der Waals surface area (Å²) in [7, 11) is -4.64. The number of aliphatic hydroxyl groups excluding tert-OH is 2. The fraction of sp³-hybridized carbons (Fsp3) is 0.739. The van der Waals surface area contributed by atoms with Crippen LogP contribution in [0.2, 0.25) is 0 Å². The van der Waals surface area contributed by atoms with Gasteiger partial charge in [-0.15, -0.1) is 0 Å². The third-order valence-electron chi connectivity index (χ3n) is 9.14. The third-order valence-corrected chi connectivity index (χ3v) is 10.1. The molecule has 0 heterocycles. The first-order valence-corrected chi connectivity index (χ1v) is 23.7. The molecule has 10 nitrogen and oxygen atoms in total. The number of phosphoric acid groups is 1. The second-order valence-electron chi connectivity index (χ2n) is 14.7. The molecule has 330 valence electrons. The first-order valence-electron chi connectivity index (χ1n) is 22.2.